The zero-order valence-corrected chi connectivity index (χ0v) is 10.5. The molecule has 6 heteroatoms. The zero-order chi connectivity index (χ0) is 12.1. The normalized spacial score (nSPS) is 10.9. The number of nitrogens with zero attached hydrogens (tertiary/aromatic N) is 1. The fraction of sp³-hybridized carbons (Fsp3) is 0.364. The van der Waals surface area contributed by atoms with Crippen molar-refractivity contribution in [3.8, 4) is 23.3 Å². The van der Waals surface area contributed by atoms with Crippen LogP contribution in [0.4, 0.5) is 0 Å². The van der Waals surface area contributed by atoms with Crippen LogP contribution in [0.15, 0.2) is 12.1 Å². The van der Waals surface area contributed by atoms with Gasteiger partial charge in [0.25, 0.3) is 0 Å². The summed E-state index contributed by atoms with van der Waals surface area (Å²) in [4.78, 5) is 0. The first kappa shape index (κ1) is 15.4. The molecule has 0 aliphatic rings. The summed E-state index contributed by atoms with van der Waals surface area (Å²) >= 11 is 0. The second-order valence-electron chi connectivity index (χ2n) is 3.23. The van der Waals surface area contributed by atoms with Crippen molar-refractivity contribution in [3.05, 3.63) is 17.7 Å². The van der Waals surface area contributed by atoms with Gasteiger partial charge in [-0.05, 0) is 0 Å². The van der Waals surface area contributed by atoms with Crippen LogP contribution in [0.3, 0.4) is 0 Å². The SMILES string of the molecule is COc1cc(O)cc(OC)c1[C@@H](N)CC#N.Cl. The average Bonchev–Trinajstić information content (AvgIpc) is 2.27. The Bertz CT molecular complexity index is 393. The number of phenols is 1. The van der Waals surface area contributed by atoms with Crippen molar-refractivity contribution in [2.45, 2.75) is 12.5 Å². The van der Waals surface area contributed by atoms with E-state index in [0.717, 1.165) is 0 Å². The summed E-state index contributed by atoms with van der Waals surface area (Å²) in [5.74, 6) is 0.862. The fourth-order valence-electron chi connectivity index (χ4n) is 1.49. The fourth-order valence-corrected chi connectivity index (χ4v) is 1.49. The van der Waals surface area contributed by atoms with Crippen molar-refractivity contribution < 1.29 is 14.6 Å². The van der Waals surface area contributed by atoms with Crippen molar-refractivity contribution in [2.75, 3.05) is 14.2 Å². The Balaban J connectivity index is 0.00000256. The molecule has 0 heterocycles. The summed E-state index contributed by atoms with van der Waals surface area (Å²) in [5.41, 5.74) is 6.43. The molecule has 0 radical (unpaired) electrons. The number of nitriles is 1. The molecule has 0 bridgehead atoms. The number of benzene rings is 1. The van der Waals surface area contributed by atoms with Crippen molar-refractivity contribution >= 4 is 12.4 Å². The summed E-state index contributed by atoms with van der Waals surface area (Å²) < 4.78 is 10.2. The third-order valence-corrected chi connectivity index (χ3v) is 2.21. The molecular weight excluding hydrogens is 244 g/mol. The minimum absolute atomic E-state index is 0. The van der Waals surface area contributed by atoms with Crippen molar-refractivity contribution in [1.82, 2.24) is 0 Å². The molecule has 5 nitrogen and oxygen atoms in total. The molecule has 0 amide bonds. The average molecular weight is 259 g/mol. The van der Waals surface area contributed by atoms with E-state index in [1.807, 2.05) is 6.07 Å². The van der Waals surface area contributed by atoms with Gasteiger partial charge in [0, 0.05) is 12.1 Å². The molecule has 1 aromatic rings. The van der Waals surface area contributed by atoms with E-state index in [9.17, 15) is 5.11 Å². The van der Waals surface area contributed by atoms with Crippen LogP contribution >= 0.6 is 12.4 Å². The summed E-state index contributed by atoms with van der Waals surface area (Å²) in [6.07, 6.45) is 0.150. The molecule has 0 aromatic heterocycles. The first-order valence-electron chi connectivity index (χ1n) is 4.71. The van der Waals surface area contributed by atoms with E-state index in [-0.39, 0.29) is 24.6 Å². The first-order chi connectivity index (χ1) is 7.63. The molecule has 0 spiro atoms. The molecule has 0 aliphatic carbocycles. The lowest BCUT2D eigenvalue weighted by atomic mass is 10.0. The molecule has 0 fully saturated rings. The molecule has 0 saturated carbocycles. The number of rotatable bonds is 4. The van der Waals surface area contributed by atoms with Gasteiger partial charge in [0.1, 0.15) is 17.2 Å². The number of hydrogen-bond donors (Lipinski definition) is 2. The summed E-state index contributed by atoms with van der Waals surface area (Å²) in [5, 5.41) is 18.0. The number of methoxy groups -OCH3 is 2. The van der Waals surface area contributed by atoms with E-state index in [2.05, 4.69) is 0 Å². The summed E-state index contributed by atoms with van der Waals surface area (Å²) in [7, 11) is 2.94. The summed E-state index contributed by atoms with van der Waals surface area (Å²) in [6, 6.07) is 4.36. The topological polar surface area (TPSA) is 88.5 Å². The minimum atomic E-state index is -0.504. The lowest BCUT2D eigenvalue weighted by molar-refractivity contribution is 0.371. The number of hydrogen-bond acceptors (Lipinski definition) is 5. The van der Waals surface area contributed by atoms with Crippen molar-refractivity contribution in [2.24, 2.45) is 5.73 Å². The predicted octanol–water partition coefficient (Wildman–Crippen LogP) is 1.74. The first-order valence-corrected chi connectivity index (χ1v) is 4.71. The highest BCUT2D eigenvalue weighted by Gasteiger charge is 2.18. The van der Waals surface area contributed by atoms with E-state index < -0.39 is 6.04 Å². The standard InChI is InChI=1S/C11H14N2O3.ClH/c1-15-9-5-7(14)6-10(16-2)11(9)8(13)3-4-12;/h5-6,8,14H,3,13H2,1-2H3;1H/t8-;/m0./s1. The molecule has 1 atom stereocenters. The van der Waals surface area contributed by atoms with Crippen LogP contribution < -0.4 is 15.2 Å². The Kier molecular flexibility index (Phi) is 6.18. The van der Waals surface area contributed by atoms with Gasteiger partial charge in [0.2, 0.25) is 0 Å². The molecule has 3 N–H and O–H groups in total. The van der Waals surface area contributed by atoms with Crippen LogP contribution in [0.25, 0.3) is 0 Å². The summed E-state index contributed by atoms with van der Waals surface area (Å²) in [6.45, 7) is 0. The Morgan fingerprint density at radius 2 is 1.82 bits per heavy atom. The number of nitrogens with two attached hydrogens (primary N) is 1. The monoisotopic (exact) mass is 258 g/mol. The second kappa shape index (κ2) is 6.84. The van der Waals surface area contributed by atoms with E-state index in [1.165, 1.54) is 26.4 Å². The highest BCUT2D eigenvalue weighted by atomic mass is 35.5. The molecule has 17 heavy (non-hydrogen) atoms. The lowest BCUT2D eigenvalue weighted by Crippen LogP contribution is -2.12. The Labute approximate surface area is 106 Å². The zero-order valence-electron chi connectivity index (χ0n) is 9.64. The largest absolute Gasteiger partial charge is 0.508 e. The molecule has 0 unspecified atom stereocenters. The van der Waals surface area contributed by atoms with E-state index in [0.29, 0.717) is 17.1 Å². The Morgan fingerprint density at radius 1 is 1.35 bits per heavy atom. The van der Waals surface area contributed by atoms with Gasteiger partial charge < -0.3 is 20.3 Å². The van der Waals surface area contributed by atoms with Crippen molar-refractivity contribution in [1.29, 1.82) is 5.26 Å². The lowest BCUT2D eigenvalue weighted by Gasteiger charge is -2.17. The maximum Gasteiger partial charge on any atom is 0.131 e. The van der Waals surface area contributed by atoms with E-state index in [1.54, 1.807) is 0 Å². The second-order valence-corrected chi connectivity index (χ2v) is 3.23. The third-order valence-electron chi connectivity index (χ3n) is 2.21. The smallest absolute Gasteiger partial charge is 0.131 e. The molecule has 0 aliphatic heterocycles. The van der Waals surface area contributed by atoms with Gasteiger partial charge in [-0.25, -0.2) is 0 Å². The Hall–Kier alpha value is -1.64. The van der Waals surface area contributed by atoms with Gasteiger partial charge in [-0.2, -0.15) is 5.26 Å². The van der Waals surface area contributed by atoms with Crippen LogP contribution in [-0.4, -0.2) is 19.3 Å². The minimum Gasteiger partial charge on any atom is -0.508 e. The van der Waals surface area contributed by atoms with Gasteiger partial charge in [0.15, 0.2) is 0 Å². The maximum atomic E-state index is 9.43. The number of ether oxygens (including phenoxy) is 2. The molecule has 1 rings (SSSR count). The molecule has 0 saturated heterocycles. The van der Waals surface area contributed by atoms with Crippen LogP contribution in [0.2, 0.25) is 0 Å². The molecule has 94 valence electrons. The van der Waals surface area contributed by atoms with Gasteiger partial charge >= 0.3 is 0 Å². The predicted molar refractivity (Wildman–Crippen MR) is 65.6 cm³/mol. The van der Waals surface area contributed by atoms with Gasteiger partial charge in [-0.15, -0.1) is 12.4 Å². The van der Waals surface area contributed by atoms with E-state index in [4.69, 9.17) is 20.5 Å². The van der Waals surface area contributed by atoms with Crippen LogP contribution in [-0.2, 0) is 0 Å². The number of aromatic hydroxyl groups is 1. The van der Waals surface area contributed by atoms with Gasteiger partial charge in [0.05, 0.1) is 38.3 Å². The quantitative estimate of drug-likeness (QED) is 0.859. The Morgan fingerprint density at radius 3 is 2.18 bits per heavy atom. The van der Waals surface area contributed by atoms with Crippen LogP contribution in [0.1, 0.15) is 18.0 Å². The van der Waals surface area contributed by atoms with Crippen molar-refractivity contribution in [3.63, 3.8) is 0 Å². The number of halogens is 1. The third kappa shape index (κ3) is 3.41. The van der Waals surface area contributed by atoms with Gasteiger partial charge in [-0.3, -0.25) is 0 Å². The van der Waals surface area contributed by atoms with Gasteiger partial charge in [-0.1, -0.05) is 0 Å². The highest BCUT2D eigenvalue weighted by Crippen LogP contribution is 2.37. The molecule has 1 aromatic carbocycles. The number of phenolic OH excluding ortho intramolecular Hbond substituents is 1. The van der Waals surface area contributed by atoms with E-state index >= 15 is 0 Å². The van der Waals surface area contributed by atoms with Crippen LogP contribution in [0.5, 0.6) is 17.2 Å². The highest BCUT2D eigenvalue weighted by molar-refractivity contribution is 5.85. The maximum absolute atomic E-state index is 9.43. The van der Waals surface area contributed by atoms with Crippen LogP contribution in [0, 0.1) is 11.3 Å². The molecular formula is C11H15ClN2O3.